The number of aromatic nitrogens is 1. The normalized spacial score (nSPS) is 18.6. The molecule has 124 valence electrons. The molecule has 1 aliphatic heterocycles. The van der Waals surface area contributed by atoms with Crippen molar-refractivity contribution in [3.8, 4) is 5.75 Å². The summed E-state index contributed by atoms with van der Waals surface area (Å²) in [5.41, 5.74) is 1.25. The lowest BCUT2D eigenvalue weighted by Gasteiger charge is -2.34. The molecule has 0 aliphatic carbocycles. The summed E-state index contributed by atoms with van der Waals surface area (Å²) >= 11 is 0. The van der Waals surface area contributed by atoms with Crippen molar-refractivity contribution in [1.29, 1.82) is 0 Å². The molecule has 0 bridgehead atoms. The van der Waals surface area contributed by atoms with Gasteiger partial charge in [0.1, 0.15) is 5.75 Å². The van der Waals surface area contributed by atoms with Gasteiger partial charge in [-0.05, 0) is 37.3 Å². The largest absolute Gasteiger partial charge is 0.497 e. The summed E-state index contributed by atoms with van der Waals surface area (Å²) in [7, 11) is -1.77. The number of rotatable bonds is 5. The summed E-state index contributed by atoms with van der Waals surface area (Å²) in [6.45, 7) is 4.44. The highest BCUT2D eigenvalue weighted by molar-refractivity contribution is 7.91. The van der Waals surface area contributed by atoms with E-state index in [2.05, 4.69) is 28.7 Å². The molecule has 1 aromatic heterocycles. The Morgan fingerprint density at radius 1 is 1.22 bits per heavy atom. The summed E-state index contributed by atoms with van der Waals surface area (Å²) in [4.78, 5) is 2.55. The average Bonchev–Trinajstić information content (AvgIpc) is 3.04. The minimum Gasteiger partial charge on any atom is -0.497 e. The van der Waals surface area contributed by atoms with Crippen LogP contribution in [0.3, 0.4) is 0 Å². The van der Waals surface area contributed by atoms with E-state index in [1.54, 1.807) is 24.3 Å². The molecule has 1 aliphatic rings. The molecule has 6 heteroatoms. The molecule has 0 saturated carbocycles. The molecule has 2 aromatic rings. The Morgan fingerprint density at radius 2 is 2.04 bits per heavy atom. The van der Waals surface area contributed by atoms with Gasteiger partial charge in [0, 0.05) is 37.6 Å². The molecular weight excluding hydrogens is 312 g/mol. The first-order chi connectivity index (χ1) is 11.0. The monoisotopic (exact) mass is 334 g/mol. The molecule has 1 unspecified atom stereocenters. The van der Waals surface area contributed by atoms with E-state index in [9.17, 15) is 8.42 Å². The zero-order valence-electron chi connectivity index (χ0n) is 13.5. The van der Waals surface area contributed by atoms with Gasteiger partial charge in [-0.25, -0.2) is 8.42 Å². The summed E-state index contributed by atoms with van der Waals surface area (Å²) in [5, 5.41) is 0. The highest BCUT2D eigenvalue weighted by Crippen LogP contribution is 2.25. The van der Waals surface area contributed by atoms with Crippen LogP contribution in [0.1, 0.15) is 18.7 Å². The predicted molar refractivity (Wildman–Crippen MR) is 89.5 cm³/mol. The van der Waals surface area contributed by atoms with Gasteiger partial charge in [-0.15, -0.1) is 0 Å². The van der Waals surface area contributed by atoms with Gasteiger partial charge in [0.2, 0.25) is 0 Å². The van der Waals surface area contributed by atoms with Crippen molar-refractivity contribution in [2.45, 2.75) is 24.4 Å². The van der Waals surface area contributed by atoms with E-state index in [0.29, 0.717) is 17.2 Å². The lowest BCUT2D eigenvalue weighted by atomic mass is 10.1. The van der Waals surface area contributed by atoms with Gasteiger partial charge in [-0.2, -0.15) is 0 Å². The van der Waals surface area contributed by atoms with Crippen molar-refractivity contribution < 1.29 is 13.2 Å². The summed E-state index contributed by atoms with van der Waals surface area (Å²) in [6.07, 6.45) is 2.08. The first kappa shape index (κ1) is 16.1. The molecule has 0 fully saturated rings. The van der Waals surface area contributed by atoms with E-state index < -0.39 is 9.84 Å². The molecule has 3 rings (SSSR count). The van der Waals surface area contributed by atoms with Crippen molar-refractivity contribution >= 4 is 9.84 Å². The molecule has 0 N–H and O–H groups in total. The minimum atomic E-state index is -3.31. The second-order valence-corrected chi connectivity index (χ2v) is 7.95. The zero-order chi connectivity index (χ0) is 16.4. The summed E-state index contributed by atoms with van der Waals surface area (Å²) < 4.78 is 32.5. The fourth-order valence-electron chi connectivity index (χ4n) is 3.08. The van der Waals surface area contributed by atoms with E-state index >= 15 is 0 Å². The highest BCUT2D eigenvalue weighted by atomic mass is 32.2. The molecule has 0 spiro atoms. The van der Waals surface area contributed by atoms with Gasteiger partial charge in [-0.1, -0.05) is 6.07 Å². The third-order valence-corrected chi connectivity index (χ3v) is 6.21. The number of benzene rings is 1. The van der Waals surface area contributed by atoms with Crippen LogP contribution in [0, 0.1) is 0 Å². The van der Waals surface area contributed by atoms with Gasteiger partial charge in [0.05, 0.1) is 17.8 Å². The second-order valence-electron chi connectivity index (χ2n) is 5.84. The Hall–Kier alpha value is -1.79. The highest BCUT2D eigenvalue weighted by Gasteiger charge is 2.25. The average molecular weight is 334 g/mol. The molecule has 1 atom stereocenters. The maximum atomic E-state index is 12.6. The topological polar surface area (TPSA) is 51.5 Å². The van der Waals surface area contributed by atoms with Crippen molar-refractivity contribution in [2.24, 2.45) is 0 Å². The number of methoxy groups -OCH3 is 1. The van der Waals surface area contributed by atoms with Gasteiger partial charge < -0.3 is 9.30 Å². The van der Waals surface area contributed by atoms with Crippen molar-refractivity contribution in [1.82, 2.24) is 9.47 Å². The van der Waals surface area contributed by atoms with Crippen LogP contribution in [0.5, 0.6) is 5.75 Å². The first-order valence-corrected chi connectivity index (χ1v) is 9.42. The predicted octanol–water partition coefficient (Wildman–Crippen LogP) is 2.35. The van der Waals surface area contributed by atoms with Gasteiger partial charge in [-0.3, -0.25) is 4.90 Å². The van der Waals surface area contributed by atoms with Crippen molar-refractivity contribution in [2.75, 3.05) is 26.0 Å². The summed E-state index contributed by atoms with van der Waals surface area (Å²) in [5.74, 6) is 0.681. The maximum absolute atomic E-state index is 12.6. The molecule has 0 radical (unpaired) electrons. The number of fused-ring (bicyclic) bond motifs is 1. The molecule has 0 saturated heterocycles. The van der Waals surface area contributed by atoms with Crippen LogP contribution >= 0.6 is 0 Å². The van der Waals surface area contributed by atoms with Crippen molar-refractivity contribution in [3.05, 3.63) is 48.3 Å². The van der Waals surface area contributed by atoms with Crippen LogP contribution in [0.15, 0.2) is 47.5 Å². The Bertz CT molecular complexity index is 783. The maximum Gasteiger partial charge on any atom is 0.179 e. The molecular formula is C17H22N2O3S. The van der Waals surface area contributed by atoms with Crippen molar-refractivity contribution in [3.63, 3.8) is 0 Å². The standard InChI is InChI=1S/C17H22N2O3S/c1-14-17-7-4-8-19(17)10-9-18(14)11-12-23(20,21)16-6-3-5-15(13-16)22-2/h3-8,13-14H,9-12H2,1-2H3. The number of sulfone groups is 1. The third-order valence-electron chi connectivity index (χ3n) is 4.52. The minimum absolute atomic E-state index is 0.116. The molecule has 2 heterocycles. The van der Waals surface area contributed by atoms with Crippen LogP contribution in [-0.4, -0.2) is 43.8 Å². The Labute approximate surface area is 137 Å². The van der Waals surface area contributed by atoms with E-state index in [4.69, 9.17) is 4.74 Å². The summed E-state index contributed by atoms with van der Waals surface area (Å²) in [6, 6.07) is 11.1. The van der Waals surface area contributed by atoms with Gasteiger partial charge in [0.25, 0.3) is 0 Å². The molecule has 23 heavy (non-hydrogen) atoms. The molecule has 5 nitrogen and oxygen atoms in total. The molecule has 1 aromatic carbocycles. The smallest absolute Gasteiger partial charge is 0.179 e. The van der Waals surface area contributed by atoms with Crippen LogP contribution in [0.4, 0.5) is 0 Å². The van der Waals surface area contributed by atoms with Crippen LogP contribution in [-0.2, 0) is 16.4 Å². The Balaban J connectivity index is 1.70. The number of hydrogen-bond donors (Lipinski definition) is 0. The van der Waals surface area contributed by atoms with Gasteiger partial charge >= 0.3 is 0 Å². The second kappa shape index (κ2) is 6.37. The quantitative estimate of drug-likeness (QED) is 0.842. The number of ether oxygens (including phenoxy) is 1. The van der Waals surface area contributed by atoms with E-state index in [1.165, 1.54) is 12.8 Å². The zero-order valence-corrected chi connectivity index (χ0v) is 14.3. The Kier molecular flexibility index (Phi) is 4.46. The molecule has 0 amide bonds. The van der Waals surface area contributed by atoms with E-state index in [1.807, 2.05) is 6.07 Å². The number of nitrogens with zero attached hydrogens (tertiary/aromatic N) is 2. The lowest BCUT2D eigenvalue weighted by Crippen LogP contribution is -2.39. The Morgan fingerprint density at radius 3 is 2.83 bits per heavy atom. The number of hydrogen-bond acceptors (Lipinski definition) is 4. The van der Waals surface area contributed by atoms with Crippen LogP contribution in [0.2, 0.25) is 0 Å². The first-order valence-electron chi connectivity index (χ1n) is 7.77. The fourth-order valence-corrected chi connectivity index (χ4v) is 4.37. The fraction of sp³-hybridized carbons (Fsp3) is 0.412. The lowest BCUT2D eigenvalue weighted by molar-refractivity contribution is 0.179. The third kappa shape index (κ3) is 3.28. The van der Waals surface area contributed by atoms with E-state index in [-0.39, 0.29) is 11.8 Å². The van der Waals surface area contributed by atoms with Crippen LogP contribution in [0.25, 0.3) is 0 Å². The SMILES string of the molecule is COc1cccc(S(=O)(=O)CCN2CCn3cccc3C2C)c1. The van der Waals surface area contributed by atoms with Gasteiger partial charge in [0.15, 0.2) is 9.84 Å². The van der Waals surface area contributed by atoms with E-state index in [0.717, 1.165) is 13.1 Å². The van der Waals surface area contributed by atoms with Crippen LogP contribution < -0.4 is 4.74 Å².